The van der Waals surface area contributed by atoms with E-state index < -0.39 is 0 Å². The first-order valence-electron chi connectivity index (χ1n) is 4.69. The molecule has 16 heavy (non-hydrogen) atoms. The summed E-state index contributed by atoms with van der Waals surface area (Å²) in [6.07, 6.45) is 1.65. The fraction of sp³-hybridized carbons (Fsp3) is 0.0909. The number of rotatable bonds is 2. The van der Waals surface area contributed by atoms with E-state index in [-0.39, 0.29) is 11.1 Å². The van der Waals surface area contributed by atoms with Crippen molar-refractivity contribution < 1.29 is 9.59 Å². The summed E-state index contributed by atoms with van der Waals surface area (Å²) in [5, 5.41) is 1.89. The van der Waals surface area contributed by atoms with E-state index in [4.69, 9.17) is 0 Å². The molecule has 0 aromatic heterocycles. The topological polar surface area (TPSA) is 49.4 Å². The van der Waals surface area contributed by atoms with Gasteiger partial charge >= 0.3 is 0 Å². The largest absolute Gasteiger partial charge is 0.350 e. The minimum absolute atomic E-state index is 0.322. The molecule has 2 rings (SSSR count). The highest BCUT2D eigenvalue weighted by Gasteiger charge is 2.25. The first kappa shape index (κ1) is 10.8. The van der Waals surface area contributed by atoms with Gasteiger partial charge in [0.15, 0.2) is 0 Å². The second-order valence-electron chi connectivity index (χ2n) is 3.28. The Morgan fingerprint density at radius 2 is 1.94 bits per heavy atom. The average Bonchev–Trinajstić information content (AvgIpc) is 2.59. The maximum Gasteiger partial charge on any atom is 0.290 e. The Morgan fingerprint density at radius 3 is 2.50 bits per heavy atom. The third-order valence-corrected chi connectivity index (χ3v) is 2.91. The Kier molecular flexibility index (Phi) is 2.96. The summed E-state index contributed by atoms with van der Waals surface area (Å²) in [6, 6.07) is 9.60. The fourth-order valence-electron chi connectivity index (χ4n) is 1.32. The van der Waals surface area contributed by atoms with Crippen molar-refractivity contribution in [2.24, 2.45) is 0 Å². The van der Waals surface area contributed by atoms with Crippen molar-refractivity contribution >= 4 is 28.6 Å². The molecule has 0 saturated carbocycles. The normalized spacial score (nSPS) is 17.7. The lowest BCUT2D eigenvalue weighted by molar-refractivity contribution is -0.115. The van der Waals surface area contributed by atoms with Gasteiger partial charge in [-0.25, -0.2) is 0 Å². The molecule has 0 bridgehead atoms. The Morgan fingerprint density at radius 1 is 1.25 bits per heavy atom. The van der Waals surface area contributed by atoms with Gasteiger partial charge in [0.2, 0.25) is 0 Å². The average molecular weight is 234 g/mol. The highest BCUT2D eigenvalue weighted by atomic mass is 32.2. The summed E-state index contributed by atoms with van der Waals surface area (Å²) in [4.78, 5) is 24.5. The van der Waals surface area contributed by atoms with Gasteiger partial charge < -0.3 is 4.90 Å². The number of anilines is 1. The van der Waals surface area contributed by atoms with E-state index in [1.54, 1.807) is 11.1 Å². The van der Waals surface area contributed by atoms with E-state index >= 15 is 0 Å². The monoisotopic (exact) mass is 234 g/mol. The molecule has 1 aliphatic heterocycles. The molecule has 82 valence electrons. The highest BCUT2D eigenvalue weighted by molar-refractivity contribution is 8.18. The van der Waals surface area contributed by atoms with E-state index in [1.807, 2.05) is 37.4 Å². The molecule has 2 amide bonds. The summed E-state index contributed by atoms with van der Waals surface area (Å²) >= 11 is 0.917. The smallest absolute Gasteiger partial charge is 0.290 e. The second-order valence-corrected chi connectivity index (χ2v) is 4.30. The zero-order valence-electron chi connectivity index (χ0n) is 8.64. The number of carbonyl (C=O) groups excluding carboxylic acids is 2. The lowest BCUT2D eigenvalue weighted by Gasteiger charge is -2.13. The van der Waals surface area contributed by atoms with Crippen LogP contribution < -0.4 is 10.2 Å². The number of carbonyl (C=O) groups is 2. The molecule has 1 fully saturated rings. The van der Waals surface area contributed by atoms with Gasteiger partial charge in [0.25, 0.3) is 11.1 Å². The van der Waals surface area contributed by atoms with E-state index in [1.165, 1.54) is 0 Å². The van der Waals surface area contributed by atoms with Crippen LogP contribution in [0.2, 0.25) is 0 Å². The number of benzene rings is 1. The fourth-order valence-corrected chi connectivity index (χ4v) is 2.02. The third kappa shape index (κ3) is 2.25. The number of hydrogen-bond donors (Lipinski definition) is 1. The summed E-state index contributed by atoms with van der Waals surface area (Å²) in [5.41, 5.74) is 0.961. The van der Waals surface area contributed by atoms with Gasteiger partial charge in [-0.1, -0.05) is 18.2 Å². The number of hydrogen-bond acceptors (Lipinski definition) is 4. The summed E-state index contributed by atoms with van der Waals surface area (Å²) < 4.78 is 0. The molecule has 1 aliphatic rings. The van der Waals surface area contributed by atoms with Crippen LogP contribution in [0.1, 0.15) is 0 Å². The Hall–Kier alpha value is -1.75. The minimum Gasteiger partial charge on any atom is -0.350 e. The lowest BCUT2D eigenvalue weighted by Crippen LogP contribution is -2.19. The van der Waals surface area contributed by atoms with Gasteiger partial charge in [-0.3, -0.25) is 14.9 Å². The second kappa shape index (κ2) is 4.40. The van der Waals surface area contributed by atoms with Crippen LogP contribution in [0.4, 0.5) is 10.5 Å². The molecule has 0 atom stereocenters. The maximum absolute atomic E-state index is 11.3. The van der Waals surface area contributed by atoms with Crippen LogP contribution in [0.5, 0.6) is 0 Å². The van der Waals surface area contributed by atoms with E-state index in [9.17, 15) is 9.59 Å². The molecule has 0 unspecified atom stereocenters. The van der Waals surface area contributed by atoms with Crippen LogP contribution in [-0.2, 0) is 4.79 Å². The van der Waals surface area contributed by atoms with Crippen molar-refractivity contribution in [3.05, 3.63) is 41.4 Å². The zero-order valence-corrected chi connectivity index (χ0v) is 9.45. The van der Waals surface area contributed by atoms with Gasteiger partial charge in [0, 0.05) is 18.9 Å². The predicted octanol–water partition coefficient (Wildman–Crippen LogP) is 1.95. The molecule has 1 aromatic carbocycles. The quantitative estimate of drug-likeness (QED) is 0.794. The molecule has 1 heterocycles. The molecular weight excluding hydrogens is 224 g/mol. The van der Waals surface area contributed by atoms with Gasteiger partial charge in [0.05, 0.1) is 4.91 Å². The molecule has 0 spiro atoms. The van der Waals surface area contributed by atoms with Crippen molar-refractivity contribution in [1.82, 2.24) is 5.32 Å². The minimum atomic E-state index is -0.335. The molecule has 1 aromatic rings. The van der Waals surface area contributed by atoms with E-state index in [0.29, 0.717) is 4.91 Å². The first-order valence-corrected chi connectivity index (χ1v) is 5.51. The zero-order chi connectivity index (χ0) is 11.5. The van der Waals surface area contributed by atoms with Gasteiger partial charge in [-0.05, 0) is 23.9 Å². The maximum atomic E-state index is 11.3. The predicted molar refractivity (Wildman–Crippen MR) is 64.1 cm³/mol. The summed E-state index contributed by atoms with van der Waals surface area (Å²) in [6.45, 7) is 0. The number of amides is 2. The van der Waals surface area contributed by atoms with Crippen molar-refractivity contribution in [2.75, 3.05) is 11.9 Å². The molecule has 4 nitrogen and oxygen atoms in total. The Balaban J connectivity index is 2.18. The van der Waals surface area contributed by atoms with Crippen LogP contribution in [0.25, 0.3) is 0 Å². The van der Waals surface area contributed by atoms with Crippen molar-refractivity contribution in [3.63, 3.8) is 0 Å². The van der Waals surface area contributed by atoms with Crippen LogP contribution in [-0.4, -0.2) is 18.2 Å². The molecule has 1 saturated heterocycles. The van der Waals surface area contributed by atoms with Crippen LogP contribution in [0.15, 0.2) is 41.4 Å². The molecular formula is C11H10N2O2S. The SMILES string of the molecule is CN(/C=C1/SC(=O)NC1=O)c1ccccc1. The number of nitrogens with one attached hydrogen (secondary N) is 1. The molecule has 5 heteroatoms. The van der Waals surface area contributed by atoms with Crippen LogP contribution in [0.3, 0.4) is 0 Å². The number of imide groups is 1. The Labute approximate surface area is 97.3 Å². The van der Waals surface area contributed by atoms with Gasteiger partial charge in [-0.15, -0.1) is 0 Å². The highest BCUT2D eigenvalue weighted by Crippen LogP contribution is 2.24. The van der Waals surface area contributed by atoms with E-state index in [2.05, 4.69) is 5.32 Å². The number of thioether (sulfide) groups is 1. The number of nitrogens with zero attached hydrogens (tertiary/aromatic N) is 1. The molecule has 1 N–H and O–H groups in total. The third-order valence-electron chi connectivity index (χ3n) is 2.12. The lowest BCUT2D eigenvalue weighted by atomic mass is 10.3. The van der Waals surface area contributed by atoms with Gasteiger partial charge in [0.1, 0.15) is 0 Å². The van der Waals surface area contributed by atoms with Crippen molar-refractivity contribution in [1.29, 1.82) is 0 Å². The standard InChI is InChI=1S/C11H10N2O2S/c1-13(8-5-3-2-4-6-8)7-9-10(14)12-11(15)16-9/h2-7H,1H3,(H,12,14,15)/b9-7+. The van der Waals surface area contributed by atoms with E-state index in [0.717, 1.165) is 17.4 Å². The van der Waals surface area contributed by atoms with Gasteiger partial charge in [-0.2, -0.15) is 0 Å². The summed E-state index contributed by atoms with van der Waals surface area (Å²) in [5.74, 6) is -0.335. The summed E-state index contributed by atoms with van der Waals surface area (Å²) in [7, 11) is 1.83. The molecule has 0 aliphatic carbocycles. The number of para-hydroxylation sites is 1. The van der Waals surface area contributed by atoms with Crippen LogP contribution >= 0.6 is 11.8 Å². The van der Waals surface area contributed by atoms with Crippen molar-refractivity contribution in [2.45, 2.75) is 0 Å². The first-order chi connectivity index (χ1) is 7.66. The van der Waals surface area contributed by atoms with Crippen LogP contribution in [0, 0.1) is 0 Å². The van der Waals surface area contributed by atoms with Crippen molar-refractivity contribution in [3.8, 4) is 0 Å². The Bertz CT molecular complexity index is 456. The molecule has 0 radical (unpaired) electrons.